The molecular weight excluding hydrogens is 240 g/mol. The third kappa shape index (κ3) is 2.80. The first-order chi connectivity index (χ1) is 9.26. The zero-order valence-electron chi connectivity index (χ0n) is 10.5. The Morgan fingerprint density at radius 2 is 1.63 bits per heavy atom. The minimum Gasteiger partial charge on any atom is -0.497 e. The van der Waals surface area contributed by atoms with Crippen molar-refractivity contribution in [3.05, 3.63) is 65.7 Å². The van der Waals surface area contributed by atoms with Crippen molar-refractivity contribution in [3.63, 3.8) is 0 Å². The molecule has 0 saturated carbocycles. The van der Waals surface area contributed by atoms with Crippen molar-refractivity contribution in [3.8, 4) is 5.75 Å². The maximum atomic E-state index is 12.3. The van der Waals surface area contributed by atoms with E-state index in [1.807, 2.05) is 6.07 Å². The van der Waals surface area contributed by atoms with E-state index >= 15 is 0 Å². The molecule has 0 aliphatic rings. The molecule has 0 saturated heterocycles. The highest BCUT2D eigenvalue weighted by atomic mass is 16.5. The van der Waals surface area contributed by atoms with Crippen LogP contribution in [-0.4, -0.2) is 18.6 Å². The lowest BCUT2D eigenvalue weighted by Gasteiger charge is -2.06. The highest BCUT2D eigenvalue weighted by molar-refractivity contribution is 6.51. The van der Waals surface area contributed by atoms with Crippen LogP contribution in [0.25, 0.3) is 0 Å². The molecule has 0 aliphatic carbocycles. The molecule has 4 heteroatoms. The third-order valence-electron chi connectivity index (χ3n) is 2.74. The van der Waals surface area contributed by atoms with E-state index in [1.165, 1.54) is 0 Å². The summed E-state index contributed by atoms with van der Waals surface area (Å²) in [6, 6.07) is 16.0. The van der Waals surface area contributed by atoms with Crippen LogP contribution in [0, 0.1) is 0 Å². The predicted molar refractivity (Wildman–Crippen MR) is 74.5 cm³/mol. The van der Waals surface area contributed by atoms with Crippen molar-refractivity contribution >= 4 is 11.5 Å². The van der Waals surface area contributed by atoms with E-state index in [2.05, 4.69) is 5.10 Å². The normalized spacial score (nSPS) is 11.1. The Morgan fingerprint density at radius 3 is 2.16 bits per heavy atom. The fraction of sp³-hybridized carbons (Fsp3) is 0.0667. The van der Waals surface area contributed by atoms with Crippen molar-refractivity contribution in [2.45, 2.75) is 0 Å². The van der Waals surface area contributed by atoms with Crippen LogP contribution in [0.1, 0.15) is 15.9 Å². The smallest absolute Gasteiger partial charge is 0.213 e. The third-order valence-corrected chi connectivity index (χ3v) is 2.74. The Morgan fingerprint density at radius 1 is 1.00 bits per heavy atom. The first kappa shape index (κ1) is 12.8. The molecule has 0 aliphatic heterocycles. The van der Waals surface area contributed by atoms with Gasteiger partial charge < -0.3 is 10.6 Å². The van der Waals surface area contributed by atoms with Gasteiger partial charge in [0.15, 0.2) is 0 Å². The van der Waals surface area contributed by atoms with Gasteiger partial charge >= 0.3 is 0 Å². The zero-order valence-corrected chi connectivity index (χ0v) is 10.5. The minimum atomic E-state index is -0.201. The van der Waals surface area contributed by atoms with E-state index in [-0.39, 0.29) is 11.5 Å². The number of Topliss-reactive ketones (excluding diaryl/α,β-unsaturated/α-hetero) is 1. The molecule has 0 fully saturated rings. The van der Waals surface area contributed by atoms with Gasteiger partial charge in [0.1, 0.15) is 11.5 Å². The monoisotopic (exact) mass is 254 g/mol. The van der Waals surface area contributed by atoms with E-state index in [4.69, 9.17) is 10.6 Å². The molecule has 0 aromatic heterocycles. The van der Waals surface area contributed by atoms with Gasteiger partial charge in [-0.2, -0.15) is 5.10 Å². The van der Waals surface area contributed by atoms with Crippen LogP contribution in [0.15, 0.2) is 59.7 Å². The van der Waals surface area contributed by atoms with E-state index in [9.17, 15) is 4.79 Å². The van der Waals surface area contributed by atoms with Crippen molar-refractivity contribution in [1.82, 2.24) is 0 Å². The van der Waals surface area contributed by atoms with Crippen molar-refractivity contribution in [2.24, 2.45) is 10.9 Å². The molecular formula is C15H14N2O2. The number of ketones is 1. The van der Waals surface area contributed by atoms with Crippen LogP contribution in [-0.2, 0) is 0 Å². The number of carbonyl (C=O) groups is 1. The summed E-state index contributed by atoms with van der Waals surface area (Å²) < 4.78 is 5.07. The average molecular weight is 254 g/mol. The van der Waals surface area contributed by atoms with Crippen molar-refractivity contribution < 1.29 is 9.53 Å². The Labute approximate surface area is 111 Å². The summed E-state index contributed by atoms with van der Waals surface area (Å²) in [5, 5.41) is 3.62. The highest BCUT2D eigenvalue weighted by Crippen LogP contribution is 2.14. The Kier molecular flexibility index (Phi) is 3.93. The molecule has 0 radical (unpaired) electrons. The SMILES string of the molecule is COc1ccc(C(=NN)C(=O)c2ccccc2)cc1. The minimum absolute atomic E-state index is 0.201. The number of hydrogen-bond donors (Lipinski definition) is 1. The van der Waals surface area contributed by atoms with Gasteiger partial charge in [0.2, 0.25) is 5.78 Å². The highest BCUT2D eigenvalue weighted by Gasteiger charge is 2.15. The maximum absolute atomic E-state index is 12.3. The van der Waals surface area contributed by atoms with Gasteiger partial charge in [-0.05, 0) is 24.3 Å². The lowest BCUT2D eigenvalue weighted by atomic mass is 10.0. The molecule has 2 rings (SSSR count). The molecule has 0 atom stereocenters. The van der Waals surface area contributed by atoms with Gasteiger partial charge in [-0.15, -0.1) is 0 Å². The molecule has 2 aromatic carbocycles. The summed E-state index contributed by atoms with van der Waals surface area (Å²) in [6.45, 7) is 0. The predicted octanol–water partition coefficient (Wildman–Crippen LogP) is 2.24. The van der Waals surface area contributed by atoms with Gasteiger partial charge in [0, 0.05) is 11.1 Å². The number of methoxy groups -OCH3 is 1. The second-order valence-electron chi connectivity index (χ2n) is 3.90. The molecule has 0 amide bonds. The number of carbonyl (C=O) groups excluding carboxylic acids is 1. The first-order valence-corrected chi connectivity index (χ1v) is 5.78. The number of ether oxygens (including phenoxy) is 1. The molecule has 19 heavy (non-hydrogen) atoms. The average Bonchev–Trinajstić information content (AvgIpc) is 2.49. The van der Waals surface area contributed by atoms with Gasteiger partial charge in [0.05, 0.1) is 7.11 Å². The van der Waals surface area contributed by atoms with Crippen LogP contribution in [0.5, 0.6) is 5.75 Å². The van der Waals surface area contributed by atoms with Crippen molar-refractivity contribution in [2.75, 3.05) is 7.11 Å². The van der Waals surface area contributed by atoms with Gasteiger partial charge in [-0.1, -0.05) is 30.3 Å². The molecule has 2 N–H and O–H groups in total. The van der Waals surface area contributed by atoms with Crippen LogP contribution in [0.4, 0.5) is 0 Å². The Balaban J connectivity index is 2.32. The van der Waals surface area contributed by atoms with Gasteiger partial charge in [0.25, 0.3) is 0 Å². The maximum Gasteiger partial charge on any atom is 0.213 e. The number of hydrogen-bond acceptors (Lipinski definition) is 4. The summed E-state index contributed by atoms with van der Waals surface area (Å²) in [5.41, 5.74) is 1.45. The fourth-order valence-corrected chi connectivity index (χ4v) is 1.74. The van der Waals surface area contributed by atoms with Crippen LogP contribution in [0.3, 0.4) is 0 Å². The second kappa shape index (κ2) is 5.82. The number of benzene rings is 2. The standard InChI is InChI=1S/C15H14N2O2/c1-19-13-9-7-11(8-10-13)14(17-16)15(18)12-5-3-2-4-6-12/h2-10H,16H2,1H3. The van der Waals surface area contributed by atoms with Crippen molar-refractivity contribution in [1.29, 1.82) is 0 Å². The van der Waals surface area contributed by atoms with E-state index in [0.29, 0.717) is 16.9 Å². The van der Waals surface area contributed by atoms with E-state index < -0.39 is 0 Å². The summed E-state index contributed by atoms with van der Waals surface area (Å²) >= 11 is 0. The van der Waals surface area contributed by atoms with Crippen LogP contribution in [0.2, 0.25) is 0 Å². The molecule has 0 heterocycles. The summed E-state index contributed by atoms with van der Waals surface area (Å²) in [5.74, 6) is 5.86. The van der Waals surface area contributed by atoms with Crippen LogP contribution < -0.4 is 10.6 Å². The van der Waals surface area contributed by atoms with E-state index in [0.717, 1.165) is 0 Å². The molecule has 0 unspecified atom stereocenters. The zero-order chi connectivity index (χ0) is 13.7. The number of hydrazone groups is 1. The molecule has 96 valence electrons. The second-order valence-corrected chi connectivity index (χ2v) is 3.90. The Bertz CT molecular complexity index is 589. The van der Waals surface area contributed by atoms with Gasteiger partial charge in [-0.25, -0.2) is 0 Å². The summed E-state index contributed by atoms with van der Waals surface area (Å²) in [7, 11) is 1.59. The quantitative estimate of drug-likeness (QED) is 0.394. The summed E-state index contributed by atoms with van der Waals surface area (Å²) in [4.78, 5) is 12.3. The summed E-state index contributed by atoms with van der Waals surface area (Å²) in [6.07, 6.45) is 0. The van der Waals surface area contributed by atoms with Crippen LogP contribution >= 0.6 is 0 Å². The first-order valence-electron chi connectivity index (χ1n) is 5.78. The molecule has 0 bridgehead atoms. The Hall–Kier alpha value is -2.62. The van der Waals surface area contributed by atoms with E-state index in [1.54, 1.807) is 55.6 Å². The molecule has 4 nitrogen and oxygen atoms in total. The lowest BCUT2D eigenvalue weighted by molar-refractivity contribution is 0.106. The largest absolute Gasteiger partial charge is 0.497 e. The topological polar surface area (TPSA) is 64.7 Å². The molecule has 2 aromatic rings. The van der Waals surface area contributed by atoms with Gasteiger partial charge in [-0.3, -0.25) is 4.79 Å². The fourth-order valence-electron chi connectivity index (χ4n) is 1.74. The number of nitrogens with two attached hydrogens (primary N) is 1. The number of nitrogens with zero attached hydrogens (tertiary/aromatic N) is 1. The number of rotatable bonds is 4. The lowest BCUT2D eigenvalue weighted by Crippen LogP contribution is -2.17. The molecule has 0 spiro atoms.